The molecule has 2 aromatic carbocycles. The summed E-state index contributed by atoms with van der Waals surface area (Å²) in [5, 5.41) is 13.5. The number of halogens is 8. The van der Waals surface area contributed by atoms with Crippen molar-refractivity contribution in [3.05, 3.63) is 77.8 Å². The van der Waals surface area contributed by atoms with Crippen molar-refractivity contribution in [3.63, 3.8) is 0 Å². The minimum Gasteiger partial charge on any atom is -0.336 e. The van der Waals surface area contributed by atoms with Crippen LogP contribution in [-0.4, -0.2) is 53.1 Å². The minimum absolute atomic E-state index is 0.102. The maximum absolute atomic E-state index is 14.0. The summed E-state index contributed by atoms with van der Waals surface area (Å²) in [6.45, 7) is -0.845. The number of benzene rings is 2. The van der Waals surface area contributed by atoms with Crippen LogP contribution in [0.2, 0.25) is 0 Å². The van der Waals surface area contributed by atoms with Gasteiger partial charge in [0.15, 0.2) is 9.84 Å². The molecule has 1 amide bonds. The molecule has 8 nitrogen and oxygen atoms in total. The molecule has 0 radical (unpaired) electrons. The number of nitrogens with one attached hydrogen (secondary N) is 2. The van der Waals surface area contributed by atoms with Gasteiger partial charge in [0.1, 0.15) is 29.3 Å². The first-order valence-corrected chi connectivity index (χ1v) is 14.7. The third kappa shape index (κ3) is 8.11. The Morgan fingerprint density at radius 2 is 1.57 bits per heavy atom. The van der Waals surface area contributed by atoms with E-state index < -0.39 is 86.8 Å². The van der Waals surface area contributed by atoms with Crippen LogP contribution in [0.15, 0.2) is 54.7 Å². The van der Waals surface area contributed by atoms with Crippen LogP contribution in [0.3, 0.4) is 0 Å². The Morgan fingerprint density at radius 3 is 2.07 bits per heavy atom. The molecule has 0 aliphatic heterocycles. The largest absolute Gasteiger partial charge is 0.449 e. The van der Waals surface area contributed by atoms with E-state index in [-0.39, 0.29) is 24.1 Å². The van der Waals surface area contributed by atoms with Gasteiger partial charge in [-0.3, -0.25) is 10.1 Å². The van der Waals surface area contributed by atoms with Crippen molar-refractivity contribution in [2.75, 3.05) is 11.5 Å². The number of alkyl halides is 6. The van der Waals surface area contributed by atoms with E-state index in [1.54, 1.807) is 6.07 Å². The highest BCUT2D eigenvalue weighted by Gasteiger charge is 2.48. The quantitative estimate of drug-likeness (QED) is 0.291. The molecule has 2 N–H and O–H groups in total. The molecule has 1 aliphatic carbocycles. The number of rotatable bonds is 11. The average Bonchev–Trinajstić information content (AvgIpc) is 3.56. The molecule has 17 heteroatoms. The lowest BCUT2D eigenvalue weighted by molar-refractivity contribution is -0.160. The number of aryl methyl sites for hydroxylation is 1. The van der Waals surface area contributed by atoms with Crippen LogP contribution in [0.5, 0.6) is 0 Å². The van der Waals surface area contributed by atoms with Gasteiger partial charge in [-0.1, -0.05) is 12.1 Å². The molecule has 0 bridgehead atoms. The second kappa shape index (κ2) is 12.2. The van der Waals surface area contributed by atoms with Gasteiger partial charge in [0.05, 0.1) is 23.3 Å². The standard InChI is InChI=1S/C27H23F8N5O3S/c28-18-5-1-16(2-6-18)20-13-40(24(38-20)27(33,34)35)11-12-44(42,43)14-21(23(41)39-25(15-36)9-10-25)37-22(26(30,31)32)17-3-7-19(29)8-4-17/h1-8,13,21-22,37H,9-12,14H2,(H,39,41)/t21-,22-/m0/s1. The zero-order chi connectivity index (χ0) is 32.5. The Bertz CT molecular complexity index is 1640. The van der Waals surface area contributed by atoms with Gasteiger partial charge < -0.3 is 9.88 Å². The van der Waals surface area contributed by atoms with Gasteiger partial charge in [0, 0.05) is 18.3 Å². The Kier molecular flexibility index (Phi) is 9.08. The number of sulfone groups is 1. The number of nitrogens with zero attached hydrogens (tertiary/aromatic N) is 3. The summed E-state index contributed by atoms with van der Waals surface area (Å²) >= 11 is 0. The number of amides is 1. The van der Waals surface area contributed by atoms with Gasteiger partial charge in [-0.05, 0) is 54.8 Å². The summed E-state index contributed by atoms with van der Waals surface area (Å²) in [7, 11) is -4.57. The summed E-state index contributed by atoms with van der Waals surface area (Å²) < 4.78 is 137. The Hall–Kier alpha value is -4.04. The van der Waals surface area contributed by atoms with Gasteiger partial charge in [0.2, 0.25) is 11.7 Å². The Balaban J connectivity index is 1.59. The van der Waals surface area contributed by atoms with Crippen molar-refractivity contribution in [1.29, 1.82) is 5.26 Å². The highest BCUT2D eigenvalue weighted by molar-refractivity contribution is 7.91. The number of nitriles is 1. The number of carbonyl (C=O) groups is 1. The molecular formula is C27H23F8N5O3S. The van der Waals surface area contributed by atoms with Gasteiger partial charge in [-0.2, -0.15) is 31.6 Å². The average molecular weight is 650 g/mol. The summed E-state index contributed by atoms with van der Waals surface area (Å²) in [4.78, 5) is 16.5. The second-order valence-corrected chi connectivity index (χ2v) is 12.4. The Morgan fingerprint density at radius 1 is 1.00 bits per heavy atom. The third-order valence-corrected chi connectivity index (χ3v) is 8.42. The first kappa shape index (κ1) is 32.9. The molecule has 1 heterocycles. The number of aromatic nitrogens is 2. The highest BCUT2D eigenvalue weighted by atomic mass is 32.2. The maximum atomic E-state index is 14.0. The van der Waals surface area contributed by atoms with Crippen molar-refractivity contribution in [2.24, 2.45) is 0 Å². The maximum Gasteiger partial charge on any atom is 0.449 e. The van der Waals surface area contributed by atoms with Gasteiger partial charge in [-0.15, -0.1) is 0 Å². The van der Waals surface area contributed by atoms with Crippen molar-refractivity contribution < 1.29 is 48.3 Å². The van der Waals surface area contributed by atoms with Crippen LogP contribution < -0.4 is 10.6 Å². The topological polar surface area (TPSA) is 117 Å². The number of carbonyl (C=O) groups excluding carboxylic acids is 1. The summed E-state index contributed by atoms with van der Waals surface area (Å²) in [5.41, 5.74) is -2.08. The van der Waals surface area contributed by atoms with E-state index in [4.69, 9.17) is 0 Å². The molecule has 1 saturated carbocycles. The fourth-order valence-electron chi connectivity index (χ4n) is 4.30. The molecule has 236 valence electrons. The van der Waals surface area contributed by atoms with Crippen molar-refractivity contribution in [3.8, 4) is 17.3 Å². The SMILES string of the molecule is N#CC1(NC(=O)[C@H](CS(=O)(=O)CCn2cc(-c3ccc(F)cc3)nc2C(F)(F)F)N[C@@H](c2ccc(F)cc2)C(F)(F)F)CC1. The normalized spacial score (nSPS) is 16.2. The summed E-state index contributed by atoms with van der Waals surface area (Å²) in [6.07, 6.45) is -8.88. The van der Waals surface area contributed by atoms with E-state index >= 15 is 0 Å². The van der Waals surface area contributed by atoms with Gasteiger partial charge in [-0.25, -0.2) is 22.2 Å². The van der Waals surface area contributed by atoms with Crippen molar-refractivity contribution in [1.82, 2.24) is 20.2 Å². The number of imidazole rings is 1. The number of hydrogen-bond donors (Lipinski definition) is 2. The van der Waals surface area contributed by atoms with E-state index in [2.05, 4.69) is 10.3 Å². The molecule has 1 aromatic heterocycles. The van der Waals surface area contributed by atoms with Crippen LogP contribution in [-0.2, 0) is 27.4 Å². The Labute approximate surface area is 245 Å². The van der Waals surface area contributed by atoms with Gasteiger partial charge in [0.25, 0.3) is 0 Å². The molecule has 0 spiro atoms. The lowest BCUT2D eigenvalue weighted by Gasteiger charge is -2.28. The molecule has 0 unspecified atom stereocenters. The zero-order valence-electron chi connectivity index (χ0n) is 22.4. The van der Waals surface area contributed by atoms with Crippen molar-refractivity contribution in [2.45, 2.75) is 49.4 Å². The van der Waals surface area contributed by atoms with Gasteiger partial charge >= 0.3 is 12.4 Å². The minimum atomic E-state index is -5.10. The monoisotopic (exact) mass is 649 g/mol. The highest BCUT2D eigenvalue weighted by Crippen LogP contribution is 2.36. The van der Waals surface area contributed by atoms with Crippen LogP contribution in [0.1, 0.15) is 30.3 Å². The van der Waals surface area contributed by atoms with E-state index in [9.17, 15) is 53.6 Å². The first-order valence-electron chi connectivity index (χ1n) is 12.8. The molecule has 44 heavy (non-hydrogen) atoms. The van der Waals surface area contributed by atoms with E-state index in [0.29, 0.717) is 4.57 Å². The fraction of sp³-hybridized carbons (Fsp3) is 0.370. The van der Waals surface area contributed by atoms with Crippen LogP contribution in [0.4, 0.5) is 35.1 Å². The van der Waals surface area contributed by atoms with E-state index in [0.717, 1.165) is 42.6 Å². The van der Waals surface area contributed by atoms with Crippen molar-refractivity contribution >= 4 is 15.7 Å². The molecule has 1 aliphatic rings. The fourth-order valence-corrected chi connectivity index (χ4v) is 5.69. The predicted molar refractivity (Wildman–Crippen MR) is 139 cm³/mol. The van der Waals surface area contributed by atoms with E-state index in [1.165, 1.54) is 12.1 Å². The molecule has 4 rings (SSSR count). The number of hydrogen-bond acceptors (Lipinski definition) is 6. The molecular weight excluding hydrogens is 626 g/mol. The molecule has 2 atom stereocenters. The smallest absolute Gasteiger partial charge is 0.336 e. The molecule has 1 fully saturated rings. The van der Waals surface area contributed by atoms with Crippen LogP contribution in [0, 0.1) is 23.0 Å². The second-order valence-electron chi connectivity index (χ2n) is 10.2. The van der Waals surface area contributed by atoms with Crippen LogP contribution in [0.25, 0.3) is 11.3 Å². The lowest BCUT2D eigenvalue weighted by Crippen LogP contribution is -2.54. The van der Waals surface area contributed by atoms with Crippen LogP contribution >= 0.6 is 0 Å². The summed E-state index contributed by atoms with van der Waals surface area (Å²) in [5.74, 6) is -6.56. The zero-order valence-corrected chi connectivity index (χ0v) is 23.2. The molecule has 3 aromatic rings. The predicted octanol–water partition coefficient (Wildman–Crippen LogP) is 4.70. The third-order valence-electron chi connectivity index (χ3n) is 6.78. The summed E-state index contributed by atoms with van der Waals surface area (Å²) in [6, 6.07) is 4.41. The lowest BCUT2D eigenvalue weighted by atomic mass is 10.0. The first-order chi connectivity index (χ1) is 20.4. The van der Waals surface area contributed by atoms with E-state index in [1.807, 2.05) is 5.32 Å². The molecule has 0 saturated heterocycles.